The van der Waals surface area contributed by atoms with Crippen LogP contribution in [0.1, 0.15) is 58.1 Å². The summed E-state index contributed by atoms with van der Waals surface area (Å²) in [5, 5.41) is 20.9. The Bertz CT molecular complexity index is 1330. The van der Waals surface area contributed by atoms with Crippen molar-refractivity contribution in [1.29, 1.82) is 5.26 Å². The van der Waals surface area contributed by atoms with E-state index >= 15 is 0 Å². The third-order valence-electron chi connectivity index (χ3n) is 9.19. The molecular weight excluding hydrogens is 564 g/mol. The zero-order valence-electron chi connectivity index (χ0n) is 26.4. The second-order valence-corrected chi connectivity index (χ2v) is 13.4. The van der Waals surface area contributed by atoms with E-state index in [4.69, 9.17) is 4.74 Å². The molecule has 0 aliphatic carbocycles. The van der Waals surface area contributed by atoms with Gasteiger partial charge in [0.05, 0.1) is 6.07 Å². The van der Waals surface area contributed by atoms with Gasteiger partial charge in [0.2, 0.25) is 23.6 Å². The number of hydrogen-bond acceptors (Lipinski definition) is 7. The van der Waals surface area contributed by atoms with E-state index < -0.39 is 59.1 Å². The smallest absolute Gasteiger partial charge is 0.258 e. The SMILES string of the molecule is Cc1cccc(C)c1OCC(=O)N[C@@H]1C(=O)N2C[C@H](C(C)C)C[C@H]2C(=O)N[C@H](C#N)C[C@H]2C[C@H](NC2=O)C(=O)NCC1(C)C. The summed E-state index contributed by atoms with van der Waals surface area (Å²) in [6.45, 7) is 11.3. The van der Waals surface area contributed by atoms with Crippen LogP contribution < -0.4 is 26.0 Å². The first-order valence-corrected chi connectivity index (χ1v) is 15.3. The van der Waals surface area contributed by atoms with E-state index in [9.17, 15) is 29.2 Å². The minimum Gasteiger partial charge on any atom is -0.483 e. The lowest BCUT2D eigenvalue weighted by molar-refractivity contribution is -0.144. The normalized spacial score (nSPS) is 29.0. The highest BCUT2D eigenvalue weighted by atomic mass is 16.5. The predicted octanol–water partition coefficient (Wildman–Crippen LogP) is 1.10. The Kier molecular flexibility index (Phi) is 9.86. The van der Waals surface area contributed by atoms with Gasteiger partial charge in [-0.1, -0.05) is 45.9 Å². The molecule has 4 N–H and O–H groups in total. The van der Waals surface area contributed by atoms with Gasteiger partial charge in [-0.3, -0.25) is 24.0 Å². The fourth-order valence-corrected chi connectivity index (χ4v) is 6.32. The molecule has 3 saturated heterocycles. The number of hydrogen-bond donors (Lipinski definition) is 4. The molecule has 12 heteroatoms. The van der Waals surface area contributed by atoms with Crippen molar-refractivity contribution in [1.82, 2.24) is 26.2 Å². The predicted molar refractivity (Wildman–Crippen MR) is 161 cm³/mol. The van der Waals surface area contributed by atoms with E-state index in [0.29, 0.717) is 18.7 Å². The van der Waals surface area contributed by atoms with Crippen LogP contribution in [0.4, 0.5) is 0 Å². The first-order valence-electron chi connectivity index (χ1n) is 15.3. The lowest BCUT2D eigenvalue weighted by Gasteiger charge is -2.38. The van der Waals surface area contributed by atoms with Crippen molar-refractivity contribution in [3.05, 3.63) is 29.3 Å². The number of nitriles is 1. The second kappa shape index (κ2) is 13.2. The first kappa shape index (κ1) is 32.8. The standard InChI is InChI=1S/C32H44N6O6/c1-17(2)21-12-24-30(42)35-22(13-33)10-20-11-23(36-28(20)40)29(41)34-16-32(5,6)27(31(43)38(24)14-21)37-25(39)15-44-26-18(3)8-7-9-19(26)4/h7-9,17,20-24,27H,10-12,14-16H2,1-6H3,(H,34,41)(H,35,42)(H,36,40)(H,37,39)/t20-,21+,22-,23-,24-,27+/m0/s1. The number of carbonyl (C=O) groups is 5. The number of rotatable bonds is 5. The molecule has 0 saturated carbocycles. The zero-order chi connectivity index (χ0) is 32.3. The van der Waals surface area contributed by atoms with Gasteiger partial charge in [-0.05, 0) is 56.1 Å². The van der Waals surface area contributed by atoms with Gasteiger partial charge in [0, 0.05) is 24.4 Å². The Morgan fingerprint density at radius 3 is 2.39 bits per heavy atom. The monoisotopic (exact) mass is 608 g/mol. The molecule has 44 heavy (non-hydrogen) atoms. The lowest BCUT2D eigenvalue weighted by atomic mass is 9.82. The summed E-state index contributed by atoms with van der Waals surface area (Å²) in [5.41, 5.74) is 0.733. The maximum atomic E-state index is 14.4. The average Bonchev–Trinajstić information content (AvgIpc) is 3.57. The highest BCUT2D eigenvalue weighted by molar-refractivity contribution is 5.94. The number of aryl methyl sites for hydroxylation is 2. The Morgan fingerprint density at radius 1 is 1.07 bits per heavy atom. The summed E-state index contributed by atoms with van der Waals surface area (Å²) in [6, 6.07) is 3.94. The summed E-state index contributed by atoms with van der Waals surface area (Å²) in [6.07, 6.45) is 0.627. The van der Waals surface area contributed by atoms with Crippen molar-refractivity contribution in [2.24, 2.45) is 23.2 Å². The highest BCUT2D eigenvalue weighted by Gasteiger charge is 2.48. The van der Waals surface area contributed by atoms with E-state index in [2.05, 4.69) is 27.3 Å². The van der Waals surface area contributed by atoms with Crippen molar-refractivity contribution >= 4 is 29.5 Å². The van der Waals surface area contributed by atoms with E-state index in [1.165, 1.54) is 4.90 Å². The molecule has 0 aromatic heterocycles. The van der Waals surface area contributed by atoms with Crippen molar-refractivity contribution in [3.8, 4) is 11.8 Å². The topological polar surface area (TPSA) is 170 Å². The van der Waals surface area contributed by atoms with Crippen LogP contribution in [0.25, 0.3) is 0 Å². The molecule has 1 aromatic rings. The first-order chi connectivity index (χ1) is 20.7. The van der Waals surface area contributed by atoms with E-state index in [-0.39, 0.29) is 43.7 Å². The average molecular weight is 609 g/mol. The molecule has 4 rings (SSSR count). The van der Waals surface area contributed by atoms with Gasteiger partial charge in [-0.2, -0.15) is 5.26 Å². The molecule has 0 unspecified atom stereocenters. The van der Waals surface area contributed by atoms with Crippen molar-refractivity contribution in [2.75, 3.05) is 19.7 Å². The fraction of sp³-hybridized carbons (Fsp3) is 0.625. The fourth-order valence-electron chi connectivity index (χ4n) is 6.32. The second-order valence-electron chi connectivity index (χ2n) is 13.4. The van der Waals surface area contributed by atoms with E-state index in [0.717, 1.165) is 11.1 Å². The zero-order valence-corrected chi connectivity index (χ0v) is 26.4. The number of para-hydroxylation sites is 1. The van der Waals surface area contributed by atoms with Crippen LogP contribution in [0.3, 0.4) is 0 Å². The number of nitrogens with zero attached hydrogens (tertiary/aromatic N) is 2. The van der Waals surface area contributed by atoms with Crippen molar-refractivity contribution < 1.29 is 28.7 Å². The molecule has 6 atom stereocenters. The molecule has 3 heterocycles. The quantitative estimate of drug-likeness (QED) is 0.388. The van der Waals surface area contributed by atoms with Crippen molar-refractivity contribution in [3.63, 3.8) is 0 Å². The van der Waals surface area contributed by atoms with Crippen LogP contribution >= 0.6 is 0 Å². The van der Waals surface area contributed by atoms with Crippen LogP contribution in [0.15, 0.2) is 18.2 Å². The molecular formula is C32H44N6O6. The molecule has 3 aliphatic rings. The Labute approximate surface area is 258 Å². The maximum absolute atomic E-state index is 14.4. The number of nitrogens with one attached hydrogen (secondary N) is 4. The van der Waals surface area contributed by atoms with Crippen LogP contribution in [0.5, 0.6) is 5.75 Å². The minimum atomic E-state index is -1.12. The molecule has 238 valence electrons. The van der Waals surface area contributed by atoms with Gasteiger partial charge in [0.25, 0.3) is 5.91 Å². The molecule has 12 nitrogen and oxygen atoms in total. The Balaban J connectivity index is 1.65. The van der Waals surface area contributed by atoms with Crippen LogP contribution in [0.2, 0.25) is 0 Å². The highest BCUT2D eigenvalue weighted by Crippen LogP contribution is 2.33. The molecule has 0 radical (unpaired) electrons. The molecule has 2 bridgehead atoms. The number of fused-ring (bicyclic) bond motifs is 3. The van der Waals surface area contributed by atoms with Gasteiger partial charge in [-0.25, -0.2) is 0 Å². The third-order valence-corrected chi connectivity index (χ3v) is 9.19. The largest absolute Gasteiger partial charge is 0.483 e. The Morgan fingerprint density at radius 2 is 1.75 bits per heavy atom. The van der Waals surface area contributed by atoms with Gasteiger partial charge in [0.1, 0.15) is 29.9 Å². The Hall–Kier alpha value is -4.14. The van der Waals surface area contributed by atoms with Gasteiger partial charge >= 0.3 is 0 Å². The van der Waals surface area contributed by atoms with Crippen LogP contribution in [-0.2, 0) is 24.0 Å². The summed E-state index contributed by atoms with van der Waals surface area (Å²) >= 11 is 0. The maximum Gasteiger partial charge on any atom is 0.258 e. The number of benzene rings is 1. The van der Waals surface area contributed by atoms with Crippen LogP contribution in [0, 0.1) is 48.3 Å². The minimum absolute atomic E-state index is 0.0104. The number of amides is 5. The summed E-state index contributed by atoms with van der Waals surface area (Å²) < 4.78 is 5.85. The van der Waals surface area contributed by atoms with E-state index in [1.54, 1.807) is 13.8 Å². The van der Waals surface area contributed by atoms with Gasteiger partial charge in [-0.15, -0.1) is 0 Å². The molecule has 5 amide bonds. The summed E-state index contributed by atoms with van der Waals surface area (Å²) in [7, 11) is 0. The number of carbonyl (C=O) groups excluding carboxylic acids is 5. The molecule has 1 aromatic carbocycles. The summed E-state index contributed by atoms with van der Waals surface area (Å²) in [5.74, 6) is -2.08. The summed E-state index contributed by atoms with van der Waals surface area (Å²) in [4.78, 5) is 68.6. The molecule has 0 spiro atoms. The van der Waals surface area contributed by atoms with E-state index in [1.807, 2.05) is 45.9 Å². The van der Waals surface area contributed by atoms with Crippen molar-refractivity contribution in [2.45, 2.75) is 85.0 Å². The van der Waals surface area contributed by atoms with Gasteiger partial charge < -0.3 is 30.9 Å². The number of ether oxygens (including phenoxy) is 1. The molecule has 3 fully saturated rings. The van der Waals surface area contributed by atoms with Crippen LogP contribution in [-0.4, -0.2) is 78.3 Å². The van der Waals surface area contributed by atoms with Gasteiger partial charge in [0.15, 0.2) is 6.61 Å². The lowest BCUT2D eigenvalue weighted by Crippen LogP contribution is -2.61. The molecule has 3 aliphatic heterocycles. The third kappa shape index (κ3) is 7.14.